The number of carbonyl (C=O) groups excluding carboxylic acids is 1. The molecule has 5 nitrogen and oxygen atoms in total. The van der Waals surface area contributed by atoms with Crippen molar-refractivity contribution in [2.75, 3.05) is 13.2 Å². The Morgan fingerprint density at radius 2 is 2.25 bits per heavy atom. The fraction of sp³-hybridized carbons (Fsp3) is 0.444. The molecule has 1 aromatic heterocycles. The molecule has 4 rings (SSSR count). The van der Waals surface area contributed by atoms with Crippen LogP contribution in [0, 0.1) is 11.8 Å². The Balaban J connectivity index is 1.29. The number of urea groups is 1. The van der Waals surface area contributed by atoms with E-state index in [4.69, 9.17) is 4.74 Å². The van der Waals surface area contributed by atoms with E-state index in [-0.39, 0.29) is 12.1 Å². The van der Waals surface area contributed by atoms with Crippen molar-refractivity contribution in [3.8, 4) is 5.75 Å². The molecule has 2 heterocycles. The summed E-state index contributed by atoms with van der Waals surface area (Å²) in [6.45, 7) is 1.27. The molecule has 1 aliphatic heterocycles. The molecule has 0 bridgehead atoms. The predicted molar refractivity (Wildman–Crippen MR) is 93.2 cm³/mol. The SMILES string of the molecule is O=C(NCC1COc2ccccc2C1)NC(c1nccs1)C1CC1. The molecule has 2 amide bonds. The van der Waals surface area contributed by atoms with Gasteiger partial charge in [0.15, 0.2) is 0 Å². The quantitative estimate of drug-likeness (QED) is 0.877. The van der Waals surface area contributed by atoms with Crippen molar-refractivity contribution >= 4 is 17.4 Å². The summed E-state index contributed by atoms with van der Waals surface area (Å²) in [6.07, 6.45) is 5.07. The number of ether oxygens (including phenoxy) is 1. The van der Waals surface area contributed by atoms with E-state index in [1.165, 1.54) is 5.56 Å². The number of carbonyl (C=O) groups is 1. The second kappa shape index (κ2) is 6.81. The summed E-state index contributed by atoms with van der Waals surface area (Å²) in [5, 5.41) is 9.06. The van der Waals surface area contributed by atoms with Crippen LogP contribution in [0.1, 0.15) is 29.5 Å². The average Bonchev–Trinajstić information content (AvgIpc) is 3.31. The number of fused-ring (bicyclic) bond motifs is 1. The standard InChI is InChI=1S/C18H21N3O2S/c22-18(21-16(13-5-6-13)17-19-7-8-24-17)20-10-12-9-14-3-1-2-4-15(14)23-11-12/h1-4,7-8,12-13,16H,5-6,9-11H2,(H2,20,21,22). The molecule has 1 fully saturated rings. The molecule has 126 valence electrons. The van der Waals surface area contributed by atoms with Crippen LogP contribution in [0.3, 0.4) is 0 Å². The van der Waals surface area contributed by atoms with Crippen molar-refractivity contribution in [2.45, 2.75) is 25.3 Å². The Kier molecular flexibility index (Phi) is 4.38. The molecular weight excluding hydrogens is 322 g/mol. The molecule has 2 aliphatic rings. The molecule has 2 N–H and O–H groups in total. The van der Waals surface area contributed by atoms with E-state index in [0.717, 1.165) is 30.0 Å². The summed E-state index contributed by atoms with van der Waals surface area (Å²) in [6, 6.07) is 8.04. The number of nitrogens with one attached hydrogen (secondary N) is 2. The lowest BCUT2D eigenvalue weighted by atomic mass is 9.97. The lowest BCUT2D eigenvalue weighted by Gasteiger charge is -2.25. The number of para-hydroxylation sites is 1. The lowest BCUT2D eigenvalue weighted by Crippen LogP contribution is -2.42. The topological polar surface area (TPSA) is 63.2 Å². The molecule has 0 spiro atoms. The van der Waals surface area contributed by atoms with Gasteiger partial charge in [-0.3, -0.25) is 0 Å². The van der Waals surface area contributed by atoms with Gasteiger partial charge in [-0.05, 0) is 36.8 Å². The summed E-state index contributed by atoms with van der Waals surface area (Å²) >= 11 is 1.61. The van der Waals surface area contributed by atoms with Gasteiger partial charge in [-0.15, -0.1) is 11.3 Å². The first-order valence-corrected chi connectivity index (χ1v) is 9.32. The van der Waals surface area contributed by atoms with Gasteiger partial charge in [-0.1, -0.05) is 18.2 Å². The zero-order chi connectivity index (χ0) is 16.4. The highest BCUT2D eigenvalue weighted by Gasteiger charge is 2.35. The molecule has 2 aromatic rings. The molecule has 1 saturated carbocycles. The van der Waals surface area contributed by atoms with Crippen LogP contribution in [-0.2, 0) is 6.42 Å². The largest absolute Gasteiger partial charge is 0.493 e. The molecule has 0 saturated heterocycles. The molecule has 1 aromatic carbocycles. The first-order valence-electron chi connectivity index (χ1n) is 8.44. The maximum atomic E-state index is 12.3. The lowest BCUT2D eigenvalue weighted by molar-refractivity contribution is 0.209. The Morgan fingerprint density at radius 1 is 1.38 bits per heavy atom. The third kappa shape index (κ3) is 3.53. The Hall–Kier alpha value is -2.08. The summed E-state index contributed by atoms with van der Waals surface area (Å²) in [5.41, 5.74) is 1.22. The van der Waals surface area contributed by atoms with E-state index in [1.807, 2.05) is 23.6 Å². The van der Waals surface area contributed by atoms with Crippen molar-refractivity contribution < 1.29 is 9.53 Å². The average molecular weight is 343 g/mol. The maximum absolute atomic E-state index is 12.3. The number of aromatic nitrogens is 1. The fourth-order valence-corrected chi connectivity index (χ4v) is 3.93. The minimum absolute atomic E-state index is 0.0494. The van der Waals surface area contributed by atoms with E-state index < -0.39 is 0 Å². The summed E-state index contributed by atoms with van der Waals surface area (Å²) in [5.74, 6) is 1.81. The first kappa shape index (κ1) is 15.4. The van der Waals surface area contributed by atoms with Crippen LogP contribution in [0.2, 0.25) is 0 Å². The van der Waals surface area contributed by atoms with Crippen molar-refractivity contribution in [3.63, 3.8) is 0 Å². The van der Waals surface area contributed by atoms with Gasteiger partial charge in [-0.2, -0.15) is 0 Å². The van der Waals surface area contributed by atoms with E-state index in [9.17, 15) is 4.79 Å². The second-order valence-corrected chi connectivity index (χ2v) is 7.45. The smallest absolute Gasteiger partial charge is 0.315 e. The van der Waals surface area contributed by atoms with Crippen molar-refractivity contribution in [1.82, 2.24) is 15.6 Å². The summed E-state index contributed by atoms with van der Waals surface area (Å²) in [7, 11) is 0. The number of rotatable bonds is 5. The van der Waals surface area contributed by atoms with Gasteiger partial charge in [0, 0.05) is 24.0 Å². The van der Waals surface area contributed by atoms with Crippen LogP contribution >= 0.6 is 11.3 Å². The number of hydrogen-bond donors (Lipinski definition) is 2. The predicted octanol–water partition coefficient (Wildman–Crippen LogP) is 3.14. The van der Waals surface area contributed by atoms with Crippen LogP contribution in [0.4, 0.5) is 4.79 Å². The number of thiazole rings is 1. The molecule has 2 unspecified atom stereocenters. The van der Waals surface area contributed by atoms with Crippen LogP contribution in [-0.4, -0.2) is 24.2 Å². The van der Waals surface area contributed by atoms with E-state index >= 15 is 0 Å². The second-order valence-electron chi connectivity index (χ2n) is 6.53. The van der Waals surface area contributed by atoms with Crippen LogP contribution in [0.15, 0.2) is 35.8 Å². The third-order valence-corrected chi connectivity index (χ3v) is 5.46. The summed E-state index contributed by atoms with van der Waals surface area (Å²) < 4.78 is 5.78. The van der Waals surface area contributed by atoms with Gasteiger partial charge in [-0.25, -0.2) is 9.78 Å². The van der Waals surface area contributed by atoms with Gasteiger partial charge in [0.2, 0.25) is 0 Å². The molecule has 6 heteroatoms. The monoisotopic (exact) mass is 343 g/mol. The number of hydrogen-bond acceptors (Lipinski definition) is 4. The van der Waals surface area contributed by atoms with E-state index in [1.54, 1.807) is 17.5 Å². The molecule has 1 aliphatic carbocycles. The zero-order valence-corrected chi connectivity index (χ0v) is 14.2. The maximum Gasteiger partial charge on any atom is 0.315 e. The van der Waals surface area contributed by atoms with Crippen molar-refractivity contribution in [3.05, 3.63) is 46.4 Å². The molecular formula is C18H21N3O2S. The highest BCUT2D eigenvalue weighted by molar-refractivity contribution is 7.09. The number of benzene rings is 1. The van der Waals surface area contributed by atoms with Gasteiger partial charge >= 0.3 is 6.03 Å². The first-order chi connectivity index (χ1) is 11.8. The molecule has 2 atom stereocenters. The van der Waals surface area contributed by atoms with Gasteiger partial charge in [0.25, 0.3) is 0 Å². The third-order valence-electron chi connectivity index (χ3n) is 4.60. The normalized spacial score (nSPS) is 20.6. The Morgan fingerprint density at radius 3 is 3.04 bits per heavy atom. The van der Waals surface area contributed by atoms with Crippen molar-refractivity contribution in [1.29, 1.82) is 0 Å². The van der Waals surface area contributed by atoms with Crippen LogP contribution in [0.5, 0.6) is 5.75 Å². The van der Waals surface area contributed by atoms with Gasteiger partial charge in [0.1, 0.15) is 10.8 Å². The van der Waals surface area contributed by atoms with Crippen LogP contribution in [0.25, 0.3) is 0 Å². The highest BCUT2D eigenvalue weighted by atomic mass is 32.1. The molecule has 24 heavy (non-hydrogen) atoms. The number of amides is 2. The van der Waals surface area contributed by atoms with Gasteiger partial charge < -0.3 is 15.4 Å². The zero-order valence-electron chi connectivity index (χ0n) is 13.4. The van der Waals surface area contributed by atoms with Crippen molar-refractivity contribution in [2.24, 2.45) is 11.8 Å². The summed E-state index contributed by atoms with van der Waals surface area (Å²) in [4.78, 5) is 16.6. The van der Waals surface area contributed by atoms with E-state index in [0.29, 0.717) is 25.0 Å². The minimum Gasteiger partial charge on any atom is -0.493 e. The molecule has 0 radical (unpaired) electrons. The Labute approximate surface area is 145 Å². The highest BCUT2D eigenvalue weighted by Crippen LogP contribution is 2.41. The van der Waals surface area contributed by atoms with Gasteiger partial charge in [0.05, 0.1) is 12.6 Å². The van der Waals surface area contributed by atoms with E-state index in [2.05, 4.69) is 21.7 Å². The Bertz CT molecular complexity index is 700. The fourth-order valence-electron chi connectivity index (χ4n) is 3.15. The van der Waals surface area contributed by atoms with Crippen LogP contribution < -0.4 is 15.4 Å². The number of nitrogens with zero attached hydrogens (tertiary/aromatic N) is 1. The minimum atomic E-state index is -0.110.